The van der Waals surface area contributed by atoms with E-state index in [0.717, 1.165) is 45.2 Å². The molecule has 0 bridgehead atoms. The van der Waals surface area contributed by atoms with Gasteiger partial charge in [-0.05, 0) is 51.1 Å². The third kappa shape index (κ3) is 5.67. The topological polar surface area (TPSA) is 62.9 Å². The van der Waals surface area contributed by atoms with Crippen molar-refractivity contribution >= 4 is 5.96 Å². The van der Waals surface area contributed by atoms with Gasteiger partial charge in [-0.15, -0.1) is 0 Å². The smallest absolute Gasteiger partial charge is 0.188 e. The number of hydrogen-bond donors (Lipinski definition) is 2. The molecule has 0 aromatic heterocycles. The third-order valence-corrected chi connectivity index (χ3v) is 4.20. The number of aliphatic imine (C=N–C) groups is 1. The third-order valence-electron chi connectivity index (χ3n) is 4.20. The Morgan fingerprint density at radius 1 is 1.40 bits per heavy atom. The summed E-state index contributed by atoms with van der Waals surface area (Å²) in [6, 6.07) is 0.585. The minimum atomic E-state index is 0.579. The lowest BCUT2D eigenvalue weighted by molar-refractivity contribution is 0.123. The van der Waals surface area contributed by atoms with E-state index in [9.17, 15) is 0 Å². The molecule has 0 aromatic carbocycles. The maximum atomic E-state index is 5.89. The van der Waals surface area contributed by atoms with Crippen molar-refractivity contribution in [3.63, 3.8) is 0 Å². The number of ether oxygens (including phenoxy) is 1. The molecule has 20 heavy (non-hydrogen) atoms. The Bertz CT molecular complexity index is 304. The Kier molecular flexibility index (Phi) is 6.60. The predicted molar refractivity (Wildman–Crippen MR) is 82.9 cm³/mol. The summed E-state index contributed by atoms with van der Waals surface area (Å²) in [5.41, 5.74) is 5.89. The number of guanidine groups is 1. The first-order valence-electron chi connectivity index (χ1n) is 8.15. The molecule has 0 spiro atoms. The van der Waals surface area contributed by atoms with Gasteiger partial charge in [0.1, 0.15) is 0 Å². The highest BCUT2D eigenvalue weighted by Crippen LogP contribution is 2.28. The molecule has 116 valence electrons. The van der Waals surface area contributed by atoms with Crippen LogP contribution in [-0.2, 0) is 4.74 Å². The van der Waals surface area contributed by atoms with Gasteiger partial charge in [0.25, 0.3) is 0 Å². The van der Waals surface area contributed by atoms with Crippen LogP contribution in [0.25, 0.3) is 0 Å². The SMILES string of the molecule is CCN1CCCC1CN=C(N)NCCCOCC1CC1. The molecule has 5 nitrogen and oxygen atoms in total. The fraction of sp³-hybridized carbons (Fsp3) is 0.933. The highest BCUT2D eigenvalue weighted by Gasteiger charge is 2.22. The van der Waals surface area contributed by atoms with Crippen LogP contribution in [0, 0.1) is 5.92 Å². The summed E-state index contributed by atoms with van der Waals surface area (Å²) >= 11 is 0. The zero-order chi connectivity index (χ0) is 14.2. The van der Waals surface area contributed by atoms with Crippen LogP contribution in [0.15, 0.2) is 4.99 Å². The van der Waals surface area contributed by atoms with Gasteiger partial charge < -0.3 is 15.8 Å². The van der Waals surface area contributed by atoms with Gasteiger partial charge in [0.2, 0.25) is 0 Å². The van der Waals surface area contributed by atoms with E-state index in [0.29, 0.717) is 12.0 Å². The zero-order valence-electron chi connectivity index (χ0n) is 12.8. The van der Waals surface area contributed by atoms with E-state index < -0.39 is 0 Å². The monoisotopic (exact) mass is 282 g/mol. The van der Waals surface area contributed by atoms with Crippen LogP contribution in [0.5, 0.6) is 0 Å². The molecule has 3 N–H and O–H groups in total. The van der Waals surface area contributed by atoms with Crippen molar-refractivity contribution < 1.29 is 4.74 Å². The molecular weight excluding hydrogens is 252 g/mol. The first kappa shape index (κ1) is 15.6. The number of nitrogens with one attached hydrogen (secondary N) is 1. The van der Waals surface area contributed by atoms with Gasteiger partial charge in [-0.3, -0.25) is 9.89 Å². The Balaban J connectivity index is 1.49. The van der Waals surface area contributed by atoms with Crippen molar-refractivity contribution in [1.82, 2.24) is 10.2 Å². The number of nitrogens with zero attached hydrogens (tertiary/aromatic N) is 2. The normalized spacial score (nSPS) is 24.2. The lowest BCUT2D eigenvalue weighted by Crippen LogP contribution is -2.36. The molecule has 1 saturated heterocycles. The standard InChI is InChI=1S/C15H30N4O/c1-2-19-9-3-5-14(19)11-18-15(16)17-8-4-10-20-12-13-6-7-13/h13-14H,2-12H2,1H3,(H3,16,17,18). The summed E-state index contributed by atoms with van der Waals surface area (Å²) in [6.07, 6.45) is 6.24. The molecule has 1 saturated carbocycles. The molecule has 0 amide bonds. The Morgan fingerprint density at radius 3 is 3.00 bits per heavy atom. The quantitative estimate of drug-likeness (QED) is 0.379. The van der Waals surface area contributed by atoms with Crippen molar-refractivity contribution in [3.05, 3.63) is 0 Å². The minimum Gasteiger partial charge on any atom is -0.381 e. The van der Waals surface area contributed by atoms with Crippen molar-refractivity contribution in [2.75, 3.05) is 39.4 Å². The van der Waals surface area contributed by atoms with E-state index >= 15 is 0 Å². The van der Waals surface area contributed by atoms with Gasteiger partial charge >= 0.3 is 0 Å². The summed E-state index contributed by atoms with van der Waals surface area (Å²) in [7, 11) is 0. The van der Waals surface area contributed by atoms with Crippen molar-refractivity contribution in [2.45, 2.75) is 45.1 Å². The second kappa shape index (κ2) is 8.47. The van der Waals surface area contributed by atoms with Crippen molar-refractivity contribution in [2.24, 2.45) is 16.6 Å². The van der Waals surface area contributed by atoms with E-state index in [2.05, 4.69) is 22.1 Å². The molecule has 1 aliphatic carbocycles. The molecule has 1 unspecified atom stereocenters. The first-order valence-corrected chi connectivity index (χ1v) is 8.15. The molecule has 2 fully saturated rings. The molecule has 1 heterocycles. The predicted octanol–water partition coefficient (Wildman–Crippen LogP) is 1.19. The van der Waals surface area contributed by atoms with Crippen LogP contribution in [-0.4, -0.2) is 56.3 Å². The number of likely N-dealkylation sites (tertiary alicyclic amines) is 1. The molecule has 0 aromatic rings. The summed E-state index contributed by atoms with van der Waals surface area (Å²) in [6.45, 7) is 7.98. The maximum absolute atomic E-state index is 5.89. The van der Waals surface area contributed by atoms with Gasteiger partial charge in [0, 0.05) is 25.8 Å². The highest BCUT2D eigenvalue weighted by molar-refractivity contribution is 5.77. The average molecular weight is 282 g/mol. The number of nitrogens with two attached hydrogens (primary N) is 1. The van der Waals surface area contributed by atoms with E-state index in [1.165, 1.54) is 32.2 Å². The van der Waals surface area contributed by atoms with Crippen LogP contribution >= 0.6 is 0 Å². The molecule has 1 atom stereocenters. The van der Waals surface area contributed by atoms with Crippen LogP contribution in [0.3, 0.4) is 0 Å². The summed E-state index contributed by atoms with van der Waals surface area (Å²) in [4.78, 5) is 6.95. The van der Waals surface area contributed by atoms with Gasteiger partial charge in [-0.25, -0.2) is 0 Å². The largest absolute Gasteiger partial charge is 0.381 e. The molecule has 0 radical (unpaired) electrons. The lowest BCUT2D eigenvalue weighted by Gasteiger charge is -2.20. The molecular formula is C15H30N4O. The van der Waals surface area contributed by atoms with Crippen LogP contribution < -0.4 is 11.1 Å². The van der Waals surface area contributed by atoms with E-state index in [4.69, 9.17) is 10.5 Å². The van der Waals surface area contributed by atoms with Gasteiger partial charge in [0.05, 0.1) is 6.54 Å². The molecule has 2 rings (SSSR count). The summed E-state index contributed by atoms with van der Waals surface area (Å²) < 4.78 is 5.58. The first-order chi connectivity index (χ1) is 9.79. The van der Waals surface area contributed by atoms with Gasteiger partial charge in [0.15, 0.2) is 5.96 Å². The zero-order valence-corrected chi connectivity index (χ0v) is 12.8. The van der Waals surface area contributed by atoms with Crippen LogP contribution in [0.2, 0.25) is 0 Å². The Morgan fingerprint density at radius 2 is 2.25 bits per heavy atom. The second-order valence-corrected chi connectivity index (χ2v) is 5.95. The van der Waals surface area contributed by atoms with E-state index in [1.807, 2.05) is 0 Å². The summed E-state index contributed by atoms with van der Waals surface area (Å²) in [5.74, 6) is 1.43. The van der Waals surface area contributed by atoms with Gasteiger partial charge in [-0.1, -0.05) is 6.92 Å². The fourth-order valence-electron chi connectivity index (χ4n) is 2.70. The van der Waals surface area contributed by atoms with Crippen LogP contribution in [0.4, 0.5) is 0 Å². The Hall–Kier alpha value is -0.810. The molecule has 1 aliphatic heterocycles. The van der Waals surface area contributed by atoms with Crippen molar-refractivity contribution in [3.8, 4) is 0 Å². The minimum absolute atomic E-state index is 0.579. The maximum Gasteiger partial charge on any atom is 0.188 e. The molecule has 5 heteroatoms. The lowest BCUT2D eigenvalue weighted by atomic mass is 10.2. The van der Waals surface area contributed by atoms with Crippen LogP contribution in [0.1, 0.15) is 39.0 Å². The number of likely N-dealkylation sites (N-methyl/N-ethyl adjacent to an activating group) is 1. The van der Waals surface area contributed by atoms with E-state index in [-0.39, 0.29) is 0 Å². The second-order valence-electron chi connectivity index (χ2n) is 5.95. The van der Waals surface area contributed by atoms with E-state index in [1.54, 1.807) is 0 Å². The number of rotatable bonds is 9. The fourth-order valence-corrected chi connectivity index (χ4v) is 2.70. The summed E-state index contributed by atoms with van der Waals surface area (Å²) in [5, 5.41) is 3.17. The molecule has 2 aliphatic rings. The number of hydrogen-bond acceptors (Lipinski definition) is 3. The van der Waals surface area contributed by atoms with Gasteiger partial charge in [-0.2, -0.15) is 0 Å². The van der Waals surface area contributed by atoms with Crippen molar-refractivity contribution in [1.29, 1.82) is 0 Å². The Labute approximate surface area is 122 Å². The average Bonchev–Trinajstić information content (AvgIpc) is 3.16. The highest BCUT2D eigenvalue weighted by atomic mass is 16.5.